The fraction of sp³-hybridized carbons (Fsp3) is 0.0833. The van der Waals surface area contributed by atoms with Crippen LogP contribution < -0.4 is 0 Å². The van der Waals surface area contributed by atoms with E-state index < -0.39 is 0 Å². The van der Waals surface area contributed by atoms with E-state index in [1.165, 1.54) is 17.3 Å². The molecule has 0 saturated heterocycles. The summed E-state index contributed by atoms with van der Waals surface area (Å²) in [5, 5.41) is 18.1. The van der Waals surface area contributed by atoms with Gasteiger partial charge in [-0.05, 0) is 36.8 Å². The van der Waals surface area contributed by atoms with Crippen LogP contribution in [0.3, 0.4) is 0 Å². The zero-order valence-electron chi connectivity index (χ0n) is 16.8. The number of thioether (sulfide) groups is 1. The second-order valence-electron chi connectivity index (χ2n) is 7.00. The third-order valence-corrected chi connectivity index (χ3v) is 5.65. The van der Waals surface area contributed by atoms with E-state index in [1.54, 1.807) is 0 Å². The molecule has 5 aromatic rings. The highest BCUT2D eigenvalue weighted by molar-refractivity contribution is 7.98. The molecule has 7 heteroatoms. The number of aromatic nitrogens is 5. The van der Waals surface area contributed by atoms with Crippen molar-refractivity contribution >= 4 is 11.8 Å². The van der Waals surface area contributed by atoms with Gasteiger partial charge in [-0.3, -0.25) is 4.57 Å². The predicted molar refractivity (Wildman–Crippen MR) is 121 cm³/mol. The molecule has 2 aromatic heterocycles. The number of benzene rings is 3. The summed E-state index contributed by atoms with van der Waals surface area (Å²) in [6.07, 6.45) is 0. The molecule has 0 bridgehead atoms. The zero-order valence-corrected chi connectivity index (χ0v) is 17.7. The van der Waals surface area contributed by atoms with E-state index >= 15 is 0 Å². The number of nitrogens with zero attached hydrogens (tertiary/aromatic N) is 5. The minimum atomic E-state index is 0.499. The van der Waals surface area contributed by atoms with Gasteiger partial charge in [-0.2, -0.15) is 0 Å². The fourth-order valence-corrected chi connectivity index (χ4v) is 4.06. The second-order valence-corrected chi connectivity index (χ2v) is 7.94. The van der Waals surface area contributed by atoms with Gasteiger partial charge in [-0.15, -0.1) is 20.4 Å². The van der Waals surface area contributed by atoms with Crippen LogP contribution in [0.5, 0.6) is 0 Å². The average Bonchev–Trinajstić information content (AvgIpc) is 3.46. The third kappa shape index (κ3) is 4.13. The van der Waals surface area contributed by atoms with Crippen LogP contribution in [-0.2, 0) is 5.75 Å². The smallest absolute Gasteiger partial charge is 0.247 e. The summed E-state index contributed by atoms with van der Waals surface area (Å²) in [7, 11) is 0. The Morgan fingerprint density at radius 2 is 1.52 bits per heavy atom. The molecule has 5 rings (SSSR count). The minimum Gasteiger partial charge on any atom is -0.420 e. The van der Waals surface area contributed by atoms with Gasteiger partial charge >= 0.3 is 0 Å². The monoisotopic (exact) mass is 425 g/mol. The van der Waals surface area contributed by atoms with Gasteiger partial charge in [0.25, 0.3) is 0 Å². The molecule has 0 radical (unpaired) electrons. The van der Waals surface area contributed by atoms with Crippen LogP contribution in [0.15, 0.2) is 94.5 Å². The minimum absolute atomic E-state index is 0.499. The maximum Gasteiger partial charge on any atom is 0.247 e. The molecular weight excluding hydrogens is 406 g/mol. The normalized spacial score (nSPS) is 11.0. The summed E-state index contributed by atoms with van der Waals surface area (Å²) in [5.74, 6) is 2.35. The molecule has 0 amide bonds. The first-order valence-corrected chi connectivity index (χ1v) is 10.8. The van der Waals surface area contributed by atoms with Crippen molar-refractivity contribution in [2.45, 2.75) is 17.8 Å². The van der Waals surface area contributed by atoms with Crippen LogP contribution in [0.2, 0.25) is 0 Å². The Hall–Kier alpha value is -3.71. The standard InChI is InChI=1S/C24H19N5OS/c1-17-9-8-14-20(15-17)29-22(18-10-4-2-5-11-18)26-28-24(29)31-16-21-25-27-23(30-21)19-12-6-3-7-13-19/h2-15H,16H2,1H3. The predicted octanol–water partition coefficient (Wildman–Crippen LogP) is 5.59. The molecule has 0 aliphatic rings. The first kappa shape index (κ1) is 19.3. The summed E-state index contributed by atoms with van der Waals surface area (Å²) in [6, 6.07) is 28.1. The highest BCUT2D eigenvalue weighted by Crippen LogP contribution is 2.30. The van der Waals surface area contributed by atoms with Crippen molar-refractivity contribution < 1.29 is 4.42 Å². The molecule has 0 aliphatic carbocycles. The molecule has 31 heavy (non-hydrogen) atoms. The maximum atomic E-state index is 5.85. The van der Waals surface area contributed by atoms with Crippen LogP contribution in [0.25, 0.3) is 28.5 Å². The van der Waals surface area contributed by atoms with E-state index in [0.717, 1.165) is 27.8 Å². The molecule has 0 spiro atoms. The summed E-state index contributed by atoms with van der Waals surface area (Å²) in [4.78, 5) is 0. The molecular formula is C24H19N5OS. The van der Waals surface area contributed by atoms with Crippen LogP contribution >= 0.6 is 11.8 Å². The Bertz CT molecular complexity index is 1300. The number of hydrogen-bond donors (Lipinski definition) is 0. The van der Waals surface area contributed by atoms with Gasteiger partial charge in [-0.25, -0.2) is 0 Å². The van der Waals surface area contributed by atoms with Crippen LogP contribution in [0.1, 0.15) is 11.5 Å². The lowest BCUT2D eigenvalue weighted by Crippen LogP contribution is -2.00. The van der Waals surface area contributed by atoms with Gasteiger partial charge in [0, 0.05) is 16.8 Å². The van der Waals surface area contributed by atoms with E-state index in [2.05, 4.69) is 50.1 Å². The Morgan fingerprint density at radius 1 is 0.774 bits per heavy atom. The van der Waals surface area contributed by atoms with Crippen molar-refractivity contribution in [3.05, 3.63) is 96.4 Å². The molecule has 152 valence electrons. The summed E-state index contributed by atoms with van der Waals surface area (Å²) in [6.45, 7) is 2.08. The van der Waals surface area contributed by atoms with Crippen molar-refractivity contribution in [1.29, 1.82) is 0 Å². The number of aryl methyl sites for hydroxylation is 1. The van der Waals surface area contributed by atoms with E-state index in [0.29, 0.717) is 17.5 Å². The number of hydrogen-bond acceptors (Lipinski definition) is 6. The molecule has 2 heterocycles. The Morgan fingerprint density at radius 3 is 2.26 bits per heavy atom. The summed E-state index contributed by atoms with van der Waals surface area (Å²) >= 11 is 1.52. The van der Waals surface area contributed by atoms with Crippen molar-refractivity contribution in [1.82, 2.24) is 25.0 Å². The van der Waals surface area contributed by atoms with Gasteiger partial charge in [0.15, 0.2) is 11.0 Å². The molecule has 6 nitrogen and oxygen atoms in total. The first-order chi connectivity index (χ1) is 15.3. The van der Waals surface area contributed by atoms with Crippen LogP contribution in [0.4, 0.5) is 0 Å². The second kappa shape index (κ2) is 8.57. The summed E-state index contributed by atoms with van der Waals surface area (Å²) in [5.41, 5.74) is 4.10. The van der Waals surface area contributed by atoms with Crippen molar-refractivity contribution in [3.63, 3.8) is 0 Å². The lowest BCUT2D eigenvalue weighted by Gasteiger charge is -2.10. The van der Waals surface area contributed by atoms with Gasteiger partial charge in [0.05, 0.1) is 5.75 Å². The Labute approximate surface area is 184 Å². The van der Waals surface area contributed by atoms with Crippen LogP contribution in [0, 0.1) is 6.92 Å². The van der Waals surface area contributed by atoms with Gasteiger partial charge < -0.3 is 4.42 Å². The highest BCUT2D eigenvalue weighted by atomic mass is 32.2. The first-order valence-electron chi connectivity index (χ1n) is 9.86. The molecule has 0 N–H and O–H groups in total. The van der Waals surface area contributed by atoms with Crippen molar-refractivity contribution in [2.24, 2.45) is 0 Å². The fourth-order valence-electron chi connectivity index (χ4n) is 3.27. The van der Waals surface area contributed by atoms with E-state index in [-0.39, 0.29) is 0 Å². The SMILES string of the molecule is Cc1cccc(-n2c(SCc3nnc(-c4ccccc4)o3)nnc2-c2ccccc2)c1. The Kier molecular flexibility index (Phi) is 5.33. The molecule has 0 atom stereocenters. The van der Waals surface area contributed by atoms with Crippen molar-refractivity contribution in [3.8, 4) is 28.5 Å². The molecule has 0 fully saturated rings. The topological polar surface area (TPSA) is 69.6 Å². The average molecular weight is 426 g/mol. The Balaban J connectivity index is 1.46. The number of rotatable bonds is 6. The maximum absolute atomic E-state index is 5.85. The van der Waals surface area contributed by atoms with Gasteiger partial charge in [-0.1, -0.05) is 72.4 Å². The lowest BCUT2D eigenvalue weighted by atomic mass is 10.2. The summed E-state index contributed by atoms with van der Waals surface area (Å²) < 4.78 is 7.92. The molecule has 0 unspecified atom stereocenters. The molecule has 0 saturated carbocycles. The van der Waals surface area contributed by atoms with E-state index in [1.807, 2.05) is 66.7 Å². The largest absolute Gasteiger partial charge is 0.420 e. The zero-order chi connectivity index (χ0) is 21.0. The van der Waals surface area contributed by atoms with Crippen molar-refractivity contribution in [2.75, 3.05) is 0 Å². The molecule has 0 aliphatic heterocycles. The lowest BCUT2D eigenvalue weighted by molar-refractivity contribution is 0.528. The van der Waals surface area contributed by atoms with E-state index in [4.69, 9.17) is 4.42 Å². The highest BCUT2D eigenvalue weighted by Gasteiger charge is 2.17. The van der Waals surface area contributed by atoms with Gasteiger partial charge in [0.1, 0.15) is 0 Å². The quantitative estimate of drug-likeness (QED) is 0.331. The van der Waals surface area contributed by atoms with Crippen LogP contribution in [-0.4, -0.2) is 25.0 Å². The molecule has 3 aromatic carbocycles. The third-order valence-electron chi connectivity index (χ3n) is 4.74. The van der Waals surface area contributed by atoms with Gasteiger partial charge in [0.2, 0.25) is 11.8 Å². The van der Waals surface area contributed by atoms with E-state index in [9.17, 15) is 0 Å².